The molecule has 0 saturated heterocycles. The maximum Gasteiger partial charge on any atom is 0.0360 e. The Morgan fingerprint density at radius 3 is 2.74 bits per heavy atom. The Labute approximate surface area is 127 Å². The summed E-state index contributed by atoms with van der Waals surface area (Å²) in [6.07, 6.45) is 3.38. The largest absolute Gasteiger partial charge is 0.316 e. The van der Waals surface area contributed by atoms with Crippen LogP contribution in [0.4, 0.5) is 0 Å². The first-order valence-corrected chi connectivity index (χ1v) is 8.04. The van der Waals surface area contributed by atoms with Crippen LogP contribution in [0, 0.1) is 0 Å². The molecule has 100 valence electrons. The first-order chi connectivity index (χ1) is 9.24. The zero-order chi connectivity index (χ0) is 13.7. The number of likely N-dealkylation sites (N-methyl/N-ethyl adjacent to an activating group) is 1. The van der Waals surface area contributed by atoms with Gasteiger partial charge in [0, 0.05) is 26.3 Å². The smallest absolute Gasteiger partial charge is 0.0360 e. The molecule has 0 radical (unpaired) electrons. The lowest BCUT2D eigenvalue weighted by atomic mass is 10.1. The summed E-state index contributed by atoms with van der Waals surface area (Å²) in [5, 5.41) is 3.22. The minimum atomic E-state index is 0.957. The molecule has 1 heterocycles. The average molecular weight is 336 g/mol. The average Bonchev–Trinajstić information content (AvgIpc) is 2.87. The fraction of sp³-hybridized carbons (Fsp3) is 0.250. The third-order valence-corrected chi connectivity index (χ3v) is 4.73. The minimum Gasteiger partial charge on any atom is -0.316 e. The molecule has 0 aliphatic heterocycles. The van der Waals surface area contributed by atoms with Gasteiger partial charge in [-0.15, -0.1) is 11.3 Å². The van der Waals surface area contributed by atoms with Gasteiger partial charge in [0.25, 0.3) is 0 Å². The highest BCUT2D eigenvalue weighted by atomic mass is 79.9. The van der Waals surface area contributed by atoms with Crippen molar-refractivity contribution in [2.75, 3.05) is 13.6 Å². The molecule has 0 unspecified atom stereocenters. The highest BCUT2D eigenvalue weighted by Crippen LogP contribution is 2.34. The van der Waals surface area contributed by atoms with Gasteiger partial charge in [0.1, 0.15) is 0 Å². The van der Waals surface area contributed by atoms with Gasteiger partial charge < -0.3 is 5.32 Å². The summed E-state index contributed by atoms with van der Waals surface area (Å²) in [7, 11) is 1.99. The zero-order valence-electron chi connectivity index (χ0n) is 11.2. The highest BCUT2D eigenvalue weighted by Gasteiger charge is 2.05. The number of benzene rings is 1. The van der Waals surface area contributed by atoms with Crippen molar-refractivity contribution in [1.29, 1.82) is 0 Å². The lowest BCUT2D eigenvalue weighted by molar-refractivity contribution is 0.851. The maximum absolute atomic E-state index is 3.61. The van der Waals surface area contributed by atoms with Gasteiger partial charge in [-0.2, -0.15) is 0 Å². The Morgan fingerprint density at radius 2 is 2.05 bits per heavy atom. The molecule has 0 spiro atoms. The molecule has 3 heteroatoms. The van der Waals surface area contributed by atoms with Crippen LogP contribution in [-0.2, 0) is 0 Å². The van der Waals surface area contributed by atoms with E-state index in [1.807, 2.05) is 24.5 Å². The fourth-order valence-electron chi connectivity index (χ4n) is 1.94. The zero-order valence-corrected chi connectivity index (χ0v) is 13.6. The number of nitrogens with one attached hydrogen (secondary N) is 1. The number of rotatable bonds is 5. The van der Waals surface area contributed by atoms with E-state index in [-0.39, 0.29) is 0 Å². The Hall–Kier alpha value is -0.900. The van der Waals surface area contributed by atoms with Gasteiger partial charge in [0.2, 0.25) is 0 Å². The Bertz CT molecular complexity index is 572. The van der Waals surface area contributed by atoms with E-state index in [0.717, 1.165) is 17.4 Å². The predicted molar refractivity (Wildman–Crippen MR) is 89.6 cm³/mol. The molecule has 1 aromatic carbocycles. The van der Waals surface area contributed by atoms with Crippen LogP contribution >= 0.6 is 27.3 Å². The van der Waals surface area contributed by atoms with E-state index in [1.54, 1.807) is 0 Å². The van der Waals surface area contributed by atoms with Crippen LogP contribution in [0.3, 0.4) is 0 Å². The van der Waals surface area contributed by atoms with Gasteiger partial charge >= 0.3 is 0 Å². The van der Waals surface area contributed by atoms with E-state index < -0.39 is 0 Å². The number of hydrogen-bond acceptors (Lipinski definition) is 2. The molecule has 1 nitrogen and oxygen atoms in total. The van der Waals surface area contributed by atoms with Gasteiger partial charge in [-0.25, -0.2) is 0 Å². The SMILES string of the molecule is CCC(=Cc1ccc(-c2ccccc2Br)s1)CNC. The van der Waals surface area contributed by atoms with Gasteiger partial charge in [0.05, 0.1) is 0 Å². The first-order valence-electron chi connectivity index (χ1n) is 6.43. The van der Waals surface area contributed by atoms with E-state index in [0.29, 0.717) is 0 Å². The normalized spacial score (nSPS) is 11.8. The third-order valence-electron chi connectivity index (χ3n) is 2.97. The molecule has 1 aromatic heterocycles. The van der Waals surface area contributed by atoms with Crippen LogP contribution in [-0.4, -0.2) is 13.6 Å². The van der Waals surface area contributed by atoms with E-state index in [2.05, 4.69) is 64.6 Å². The second-order valence-corrected chi connectivity index (χ2v) is 6.34. The van der Waals surface area contributed by atoms with Gasteiger partial charge in [-0.1, -0.05) is 46.6 Å². The molecule has 19 heavy (non-hydrogen) atoms. The monoisotopic (exact) mass is 335 g/mol. The second kappa shape index (κ2) is 7.04. The Balaban J connectivity index is 2.27. The molecule has 0 bridgehead atoms. The summed E-state index contributed by atoms with van der Waals surface area (Å²) in [6, 6.07) is 12.8. The molecule has 1 N–H and O–H groups in total. The quantitative estimate of drug-likeness (QED) is 0.792. The highest BCUT2D eigenvalue weighted by molar-refractivity contribution is 9.10. The summed E-state index contributed by atoms with van der Waals surface area (Å²) < 4.78 is 1.15. The summed E-state index contributed by atoms with van der Waals surface area (Å²) in [5.74, 6) is 0. The van der Waals surface area contributed by atoms with Crippen molar-refractivity contribution >= 4 is 33.3 Å². The topological polar surface area (TPSA) is 12.0 Å². The summed E-state index contributed by atoms with van der Waals surface area (Å²) in [6.45, 7) is 3.16. The number of thiophene rings is 1. The van der Waals surface area contributed by atoms with E-state index in [9.17, 15) is 0 Å². The Morgan fingerprint density at radius 1 is 1.26 bits per heavy atom. The second-order valence-electron chi connectivity index (χ2n) is 4.37. The van der Waals surface area contributed by atoms with Crippen LogP contribution in [0.25, 0.3) is 16.5 Å². The van der Waals surface area contributed by atoms with Crippen molar-refractivity contribution in [1.82, 2.24) is 5.32 Å². The van der Waals surface area contributed by atoms with Crippen molar-refractivity contribution in [2.24, 2.45) is 0 Å². The summed E-state index contributed by atoms with van der Waals surface area (Å²) >= 11 is 5.45. The minimum absolute atomic E-state index is 0.957. The first kappa shape index (κ1) is 14.5. The molecule has 0 atom stereocenters. The van der Waals surface area contributed by atoms with E-state index in [4.69, 9.17) is 0 Å². The van der Waals surface area contributed by atoms with Crippen LogP contribution < -0.4 is 5.32 Å². The molecule has 0 fully saturated rings. The molecule has 0 aliphatic rings. The number of halogens is 1. The number of hydrogen-bond donors (Lipinski definition) is 1. The van der Waals surface area contributed by atoms with Gasteiger partial charge in [0.15, 0.2) is 0 Å². The van der Waals surface area contributed by atoms with Crippen molar-refractivity contribution in [2.45, 2.75) is 13.3 Å². The van der Waals surface area contributed by atoms with Crippen molar-refractivity contribution < 1.29 is 0 Å². The van der Waals surface area contributed by atoms with Gasteiger partial charge in [-0.05, 0) is 37.7 Å². The van der Waals surface area contributed by atoms with Crippen LogP contribution in [0.15, 0.2) is 46.4 Å². The molecule has 0 saturated carbocycles. The maximum atomic E-state index is 3.61. The van der Waals surface area contributed by atoms with Crippen LogP contribution in [0.1, 0.15) is 18.2 Å². The van der Waals surface area contributed by atoms with Crippen LogP contribution in [0.5, 0.6) is 0 Å². The summed E-state index contributed by atoms with van der Waals surface area (Å²) in [4.78, 5) is 2.62. The van der Waals surface area contributed by atoms with E-state index in [1.165, 1.54) is 20.9 Å². The molecular weight excluding hydrogens is 318 g/mol. The lowest BCUT2D eigenvalue weighted by Crippen LogP contribution is -2.09. The van der Waals surface area contributed by atoms with Crippen molar-refractivity contribution in [3.63, 3.8) is 0 Å². The molecule has 0 aliphatic carbocycles. The van der Waals surface area contributed by atoms with Gasteiger partial charge in [-0.3, -0.25) is 0 Å². The predicted octanol–water partition coefficient (Wildman–Crippen LogP) is 5.19. The van der Waals surface area contributed by atoms with Crippen LogP contribution in [0.2, 0.25) is 0 Å². The van der Waals surface area contributed by atoms with Crippen molar-refractivity contribution in [3.05, 3.63) is 51.3 Å². The molecule has 0 amide bonds. The lowest BCUT2D eigenvalue weighted by Gasteiger charge is -2.02. The summed E-state index contributed by atoms with van der Waals surface area (Å²) in [5.41, 5.74) is 2.70. The Kier molecular flexibility index (Phi) is 5.37. The fourth-order valence-corrected chi connectivity index (χ4v) is 3.61. The van der Waals surface area contributed by atoms with E-state index >= 15 is 0 Å². The molecule has 2 rings (SSSR count). The molecular formula is C16H18BrNS. The third kappa shape index (κ3) is 3.78. The molecule has 2 aromatic rings. The van der Waals surface area contributed by atoms with Crippen molar-refractivity contribution in [3.8, 4) is 10.4 Å². The standard InChI is InChI=1S/C16H18BrNS/c1-3-12(11-18-2)10-13-8-9-16(19-13)14-6-4-5-7-15(14)17/h4-10,18H,3,11H2,1-2H3.